The van der Waals surface area contributed by atoms with E-state index in [2.05, 4.69) is 40.1 Å². The second-order valence-corrected chi connectivity index (χ2v) is 6.87. The second kappa shape index (κ2) is 9.73. The summed E-state index contributed by atoms with van der Waals surface area (Å²) in [7, 11) is 2.10. The fourth-order valence-electron chi connectivity index (χ4n) is 3.44. The first kappa shape index (κ1) is 18.9. The zero-order valence-corrected chi connectivity index (χ0v) is 16.0. The summed E-state index contributed by atoms with van der Waals surface area (Å²) < 4.78 is 11.0. The molecule has 1 atom stereocenters. The Morgan fingerprint density at radius 3 is 2.92 bits per heavy atom. The van der Waals surface area contributed by atoms with Crippen molar-refractivity contribution in [3.63, 3.8) is 0 Å². The summed E-state index contributed by atoms with van der Waals surface area (Å²) in [5, 5.41) is 3.41. The molecule has 2 fully saturated rings. The standard InChI is InChI=1S/C19H31N5O2/c1-3-20-19(23(2)14-16-6-10-26-15-16)22-13-17-5-4-7-21-18(17)24-8-11-25-12-9-24/h4-5,7,16H,3,6,8-15H2,1-2H3,(H,20,22). The number of aromatic nitrogens is 1. The molecule has 0 spiro atoms. The molecule has 0 saturated carbocycles. The van der Waals surface area contributed by atoms with E-state index in [1.165, 1.54) is 0 Å². The van der Waals surface area contributed by atoms with Gasteiger partial charge in [-0.15, -0.1) is 0 Å². The van der Waals surface area contributed by atoms with E-state index in [4.69, 9.17) is 14.5 Å². The number of guanidine groups is 1. The van der Waals surface area contributed by atoms with Crippen LogP contribution in [0.5, 0.6) is 0 Å². The Labute approximate surface area is 156 Å². The van der Waals surface area contributed by atoms with E-state index >= 15 is 0 Å². The molecule has 144 valence electrons. The molecule has 1 N–H and O–H groups in total. The molecule has 2 aliphatic rings. The third-order valence-electron chi connectivity index (χ3n) is 4.83. The molecule has 7 heteroatoms. The van der Waals surface area contributed by atoms with Crippen molar-refractivity contribution in [3.05, 3.63) is 23.9 Å². The highest BCUT2D eigenvalue weighted by molar-refractivity contribution is 5.79. The van der Waals surface area contributed by atoms with Gasteiger partial charge in [-0.25, -0.2) is 9.98 Å². The van der Waals surface area contributed by atoms with Gasteiger partial charge in [0.15, 0.2) is 5.96 Å². The molecule has 2 saturated heterocycles. The highest BCUT2D eigenvalue weighted by atomic mass is 16.5. The third-order valence-corrected chi connectivity index (χ3v) is 4.83. The van der Waals surface area contributed by atoms with E-state index in [-0.39, 0.29) is 0 Å². The van der Waals surface area contributed by atoms with Crippen LogP contribution in [0.1, 0.15) is 18.9 Å². The summed E-state index contributed by atoms with van der Waals surface area (Å²) in [5.74, 6) is 2.56. The zero-order chi connectivity index (χ0) is 18.2. The Hall–Kier alpha value is -1.86. The minimum absolute atomic E-state index is 0.589. The molecule has 0 bridgehead atoms. The van der Waals surface area contributed by atoms with E-state index in [0.29, 0.717) is 12.5 Å². The summed E-state index contributed by atoms with van der Waals surface area (Å²) >= 11 is 0. The molecule has 0 aromatic carbocycles. The Morgan fingerprint density at radius 1 is 1.35 bits per heavy atom. The van der Waals surface area contributed by atoms with Crippen LogP contribution in [-0.2, 0) is 16.0 Å². The van der Waals surface area contributed by atoms with Crippen LogP contribution in [0.25, 0.3) is 0 Å². The number of anilines is 1. The van der Waals surface area contributed by atoms with Crippen molar-refractivity contribution in [1.82, 2.24) is 15.2 Å². The fraction of sp³-hybridized carbons (Fsp3) is 0.684. The fourth-order valence-corrected chi connectivity index (χ4v) is 3.44. The number of morpholine rings is 1. The lowest BCUT2D eigenvalue weighted by molar-refractivity contribution is 0.122. The molecule has 0 aliphatic carbocycles. The first-order chi connectivity index (χ1) is 12.8. The van der Waals surface area contributed by atoms with Crippen LogP contribution in [0.3, 0.4) is 0 Å². The summed E-state index contributed by atoms with van der Waals surface area (Å²) in [5.41, 5.74) is 1.16. The summed E-state index contributed by atoms with van der Waals surface area (Å²) in [6, 6.07) is 4.11. The van der Waals surface area contributed by atoms with Crippen LogP contribution in [0.15, 0.2) is 23.3 Å². The highest BCUT2D eigenvalue weighted by Gasteiger charge is 2.20. The van der Waals surface area contributed by atoms with E-state index in [1.807, 2.05) is 12.3 Å². The van der Waals surface area contributed by atoms with Gasteiger partial charge in [0.1, 0.15) is 5.82 Å². The Balaban J connectivity index is 1.68. The number of hydrogen-bond acceptors (Lipinski definition) is 5. The molecule has 1 aromatic heterocycles. The van der Waals surface area contributed by atoms with Gasteiger partial charge in [-0.2, -0.15) is 0 Å². The Morgan fingerprint density at radius 2 is 2.19 bits per heavy atom. The van der Waals surface area contributed by atoms with Gasteiger partial charge in [0.2, 0.25) is 0 Å². The second-order valence-electron chi connectivity index (χ2n) is 6.87. The molecule has 2 aliphatic heterocycles. The van der Waals surface area contributed by atoms with Gasteiger partial charge >= 0.3 is 0 Å². The largest absolute Gasteiger partial charge is 0.381 e. The topological polar surface area (TPSA) is 62.2 Å². The lowest BCUT2D eigenvalue weighted by Gasteiger charge is -2.29. The maximum Gasteiger partial charge on any atom is 0.193 e. The zero-order valence-electron chi connectivity index (χ0n) is 16.0. The Bertz CT molecular complexity index is 583. The number of aliphatic imine (C=N–C) groups is 1. The lowest BCUT2D eigenvalue weighted by Crippen LogP contribution is -2.41. The van der Waals surface area contributed by atoms with Gasteiger partial charge < -0.3 is 24.6 Å². The van der Waals surface area contributed by atoms with Crippen LogP contribution < -0.4 is 10.2 Å². The van der Waals surface area contributed by atoms with Crippen LogP contribution >= 0.6 is 0 Å². The van der Waals surface area contributed by atoms with E-state index in [0.717, 1.165) is 76.4 Å². The monoisotopic (exact) mass is 361 g/mol. The van der Waals surface area contributed by atoms with Gasteiger partial charge in [-0.1, -0.05) is 6.07 Å². The molecular formula is C19H31N5O2. The SMILES string of the molecule is CCNC(=NCc1cccnc1N1CCOCC1)N(C)CC1CCOC1. The minimum Gasteiger partial charge on any atom is -0.381 e. The van der Waals surface area contributed by atoms with Crippen molar-refractivity contribution < 1.29 is 9.47 Å². The number of rotatable bonds is 6. The first-order valence-electron chi connectivity index (χ1n) is 9.61. The van der Waals surface area contributed by atoms with Crippen LogP contribution in [-0.4, -0.2) is 75.5 Å². The predicted molar refractivity (Wildman–Crippen MR) is 104 cm³/mol. The van der Waals surface area contributed by atoms with E-state index in [1.54, 1.807) is 0 Å². The molecule has 7 nitrogen and oxygen atoms in total. The smallest absolute Gasteiger partial charge is 0.193 e. The Kier molecular flexibility index (Phi) is 7.08. The van der Waals surface area contributed by atoms with Gasteiger partial charge in [-0.3, -0.25) is 0 Å². The van der Waals surface area contributed by atoms with Gasteiger partial charge in [-0.05, 0) is 19.4 Å². The average Bonchev–Trinajstić information content (AvgIpc) is 3.19. The van der Waals surface area contributed by atoms with Gasteiger partial charge in [0, 0.05) is 57.5 Å². The normalized spacial score (nSPS) is 21.1. The van der Waals surface area contributed by atoms with Gasteiger partial charge in [0.05, 0.1) is 26.4 Å². The molecule has 1 unspecified atom stereocenters. The average molecular weight is 361 g/mol. The third kappa shape index (κ3) is 5.08. The van der Waals surface area contributed by atoms with Crippen molar-refractivity contribution >= 4 is 11.8 Å². The number of nitrogens with one attached hydrogen (secondary N) is 1. The van der Waals surface area contributed by atoms with Crippen LogP contribution in [0.2, 0.25) is 0 Å². The van der Waals surface area contributed by atoms with E-state index < -0.39 is 0 Å². The van der Waals surface area contributed by atoms with Crippen molar-refractivity contribution in [3.8, 4) is 0 Å². The summed E-state index contributed by atoms with van der Waals surface area (Å²) in [6.45, 7) is 9.56. The van der Waals surface area contributed by atoms with Crippen molar-refractivity contribution in [2.75, 3.05) is 64.6 Å². The summed E-state index contributed by atoms with van der Waals surface area (Å²) in [4.78, 5) is 14.0. The lowest BCUT2D eigenvalue weighted by atomic mass is 10.1. The minimum atomic E-state index is 0.589. The first-order valence-corrected chi connectivity index (χ1v) is 9.61. The number of nitrogens with zero attached hydrogens (tertiary/aromatic N) is 4. The summed E-state index contributed by atoms with van der Waals surface area (Å²) in [6.07, 6.45) is 2.99. The maximum atomic E-state index is 5.50. The van der Waals surface area contributed by atoms with Crippen molar-refractivity contribution in [2.24, 2.45) is 10.9 Å². The number of hydrogen-bond donors (Lipinski definition) is 1. The molecular weight excluding hydrogens is 330 g/mol. The van der Waals surface area contributed by atoms with Crippen molar-refractivity contribution in [1.29, 1.82) is 0 Å². The quantitative estimate of drug-likeness (QED) is 0.610. The van der Waals surface area contributed by atoms with Crippen molar-refractivity contribution in [2.45, 2.75) is 19.9 Å². The number of ether oxygens (including phenoxy) is 2. The predicted octanol–water partition coefficient (Wildman–Crippen LogP) is 1.35. The molecule has 1 aromatic rings. The number of pyridine rings is 1. The molecule has 3 rings (SSSR count). The highest BCUT2D eigenvalue weighted by Crippen LogP contribution is 2.19. The molecule has 3 heterocycles. The van der Waals surface area contributed by atoms with Crippen LogP contribution in [0.4, 0.5) is 5.82 Å². The molecule has 0 amide bonds. The van der Waals surface area contributed by atoms with E-state index in [9.17, 15) is 0 Å². The van der Waals surface area contributed by atoms with Gasteiger partial charge in [0.25, 0.3) is 0 Å². The van der Waals surface area contributed by atoms with Crippen LogP contribution in [0, 0.1) is 5.92 Å². The maximum absolute atomic E-state index is 5.50. The molecule has 26 heavy (non-hydrogen) atoms. The molecule has 0 radical (unpaired) electrons.